The molecule has 0 aromatic carbocycles. The number of aromatic nitrogens is 1. The van der Waals surface area contributed by atoms with Crippen molar-refractivity contribution >= 4 is 21.6 Å². The van der Waals surface area contributed by atoms with Gasteiger partial charge in [-0.25, -0.2) is 13.4 Å². The predicted molar refractivity (Wildman–Crippen MR) is 72.6 cm³/mol. The quantitative estimate of drug-likeness (QED) is 0.770. The number of fused-ring (bicyclic) bond motifs is 1. The van der Waals surface area contributed by atoms with Gasteiger partial charge in [0.2, 0.25) is 10.0 Å². The first-order valence-corrected chi connectivity index (χ1v) is 8.25. The normalized spacial score (nSPS) is 25.4. The fourth-order valence-corrected chi connectivity index (χ4v) is 4.78. The van der Waals surface area contributed by atoms with Crippen LogP contribution in [0.25, 0.3) is 0 Å². The van der Waals surface area contributed by atoms with Crippen LogP contribution in [0.5, 0.6) is 0 Å². The molecule has 0 N–H and O–H groups in total. The number of hydrogen-bond acceptors (Lipinski definition) is 4. The second-order valence-corrected chi connectivity index (χ2v) is 7.25. The minimum Gasteiger partial charge on any atom is -0.298 e. The van der Waals surface area contributed by atoms with Crippen molar-refractivity contribution in [2.75, 3.05) is 26.2 Å². The fraction of sp³-hybridized carbons (Fsp3) is 0.583. The van der Waals surface area contributed by atoms with Crippen LogP contribution in [0.4, 0.5) is 0 Å². The molecule has 2 fully saturated rings. The second-order valence-electron chi connectivity index (χ2n) is 4.99. The molecule has 2 aliphatic rings. The molecular weight excluding hydrogens is 286 g/mol. The highest BCUT2D eigenvalue weighted by atomic mass is 35.5. The molecule has 0 amide bonds. The third kappa shape index (κ3) is 2.38. The van der Waals surface area contributed by atoms with Crippen LogP contribution in [-0.2, 0) is 10.0 Å². The summed E-state index contributed by atoms with van der Waals surface area (Å²) in [6, 6.07) is 3.48. The van der Waals surface area contributed by atoms with E-state index in [-0.39, 0.29) is 10.0 Å². The van der Waals surface area contributed by atoms with Gasteiger partial charge < -0.3 is 0 Å². The summed E-state index contributed by atoms with van der Waals surface area (Å²) in [6.07, 6.45) is 3.73. The van der Waals surface area contributed by atoms with Gasteiger partial charge in [-0.1, -0.05) is 11.6 Å². The molecule has 0 aliphatic carbocycles. The highest BCUT2D eigenvalue weighted by molar-refractivity contribution is 7.89. The number of piperazine rings is 1. The lowest BCUT2D eigenvalue weighted by Gasteiger charge is -2.36. The predicted octanol–water partition coefficient (Wildman–Crippen LogP) is 1.20. The summed E-state index contributed by atoms with van der Waals surface area (Å²) in [5.74, 6) is 0. The zero-order chi connectivity index (χ0) is 13.5. The van der Waals surface area contributed by atoms with Gasteiger partial charge in [-0.15, -0.1) is 0 Å². The topological polar surface area (TPSA) is 53.5 Å². The number of hydrogen-bond donors (Lipinski definition) is 0. The maximum Gasteiger partial charge on any atom is 0.246 e. The van der Waals surface area contributed by atoms with E-state index in [2.05, 4.69) is 9.88 Å². The molecule has 3 rings (SSSR count). The standard InChI is InChI=1S/C12H16ClN3O2S/c13-12-11(4-1-5-14-12)19(17,18)16-8-7-15-6-2-3-10(15)9-16/h1,4-5,10H,2-3,6-9H2. The van der Waals surface area contributed by atoms with Crippen molar-refractivity contribution in [3.63, 3.8) is 0 Å². The monoisotopic (exact) mass is 301 g/mol. The van der Waals surface area contributed by atoms with Gasteiger partial charge in [-0.05, 0) is 31.5 Å². The highest BCUT2D eigenvalue weighted by Crippen LogP contribution is 2.27. The van der Waals surface area contributed by atoms with Crippen molar-refractivity contribution < 1.29 is 8.42 Å². The van der Waals surface area contributed by atoms with Gasteiger partial charge in [0.1, 0.15) is 10.0 Å². The van der Waals surface area contributed by atoms with Crippen LogP contribution in [-0.4, -0.2) is 54.8 Å². The second kappa shape index (κ2) is 5.01. The Morgan fingerprint density at radius 2 is 2.16 bits per heavy atom. The largest absolute Gasteiger partial charge is 0.298 e. The maximum absolute atomic E-state index is 12.6. The molecule has 0 spiro atoms. The van der Waals surface area contributed by atoms with Crippen molar-refractivity contribution in [1.29, 1.82) is 0 Å². The molecule has 1 aromatic heterocycles. The van der Waals surface area contributed by atoms with Gasteiger partial charge in [0, 0.05) is 31.9 Å². The molecule has 3 heterocycles. The molecule has 5 nitrogen and oxygen atoms in total. The van der Waals surface area contributed by atoms with E-state index in [1.54, 1.807) is 10.4 Å². The van der Waals surface area contributed by atoms with E-state index in [1.807, 2.05) is 0 Å². The first-order valence-electron chi connectivity index (χ1n) is 6.44. The summed E-state index contributed by atoms with van der Waals surface area (Å²) < 4.78 is 26.7. The first-order chi connectivity index (χ1) is 9.09. The number of rotatable bonds is 2. The maximum atomic E-state index is 12.6. The van der Waals surface area contributed by atoms with Crippen LogP contribution in [0.3, 0.4) is 0 Å². The average molecular weight is 302 g/mol. The molecule has 0 saturated carbocycles. The van der Waals surface area contributed by atoms with Crippen LogP contribution in [0, 0.1) is 0 Å². The Balaban J connectivity index is 1.87. The molecule has 0 radical (unpaired) electrons. The summed E-state index contributed by atoms with van der Waals surface area (Å²) in [4.78, 5) is 6.34. The van der Waals surface area contributed by atoms with Gasteiger partial charge >= 0.3 is 0 Å². The van der Waals surface area contributed by atoms with Crippen molar-refractivity contribution in [3.05, 3.63) is 23.5 Å². The van der Waals surface area contributed by atoms with Gasteiger partial charge in [0.05, 0.1) is 0 Å². The van der Waals surface area contributed by atoms with Gasteiger partial charge in [-0.3, -0.25) is 4.90 Å². The van der Waals surface area contributed by atoms with Crippen LogP contribution < -0.4 is 0 Å². The third-order valence-electron chi connectivity index (χ3n) is 3.89. The zero-order valence-corrected chi connectivity index (χ0v) is 12.1. The minimum absolute atomic E-state index is 0.0522. The van der Waals surface area contributed by atoms with Crippen molar-refractivity contribution in [1.82, 2.24) is 14.2 Å². The average Bonchev–Trinajstić information content (AvgIpc) is 2.86. The van der Waals surface area contributed by atoms with Crippen LogP contribution in [0.15, 0.2) is 23.2 Å². The summed E-state index contributed by atoms with van der Waals surface area (Å²) in [6.45, 7) is 2.99. The van der Waals surface area contributed by atoms with Crippen LogP contribution >= 0.6 is 11.6 Å². The lowest BCUT2D eigenvalue weighted by molar-refractivity contribution is 0.158. The molecule has 1 atom stereocenters. The van der Waals surface area contributed by atoms with Gasteiger partial charge in [-0.2, -0.15) is 4.31 Å². The summed E-state index contributed by atoms with van der Waals surface area (Å²) in [7, 11) is -3.52. The Hall–Kier alpha value is -0.690. The smallest absolute Gasteiger partial charge is 0.246 e. The Bertz CT molecular complexity index is 578. The van der Waals surface area contributed by atoms with E-state index in [0.29, 0.717) is 19.1 Å². The summed E-state index contributed by atoms with van der Waals surface area (Å²) >= 11 is 5.91. The van der Waals surface area contributed by atoms with E-state index < -0.39 is 10.0 Å². The van der Waals surface area contributed by atoms with E-state index >= 15 is 0 Å². The Kier molecular flexibility index (Phi) is 3.51. The number of nitrogens with zero attached hydrogens (tertiary/aromatic N) is 3. The molecule has 1 unspecified atom stereocenters. The third-order valence-corrected chi connectivity index (χ3v) is 6.20. The molecule has 2 saturated heterocycles. The fourth-order valence-electron chi connectivity index (χ4n) is 2.88. The first kappa shape index (κ1) is 13.3. The molecular formula is C12H16ClN3O2S. The number of halogens is 1. The van der Waals surface area contributed by atoms with E-state index in [9.17, 15) is 8.42 Å². The van der Waals surface area contributed by atoms with E-state index in [0.717, 1.165) is 25.9 Å². The Labute approximate surface area is 118 Å². The molecule has 0 bridgehead atoms. The highest BCUT2D eigenvalue weighted by Gasteiger charge is 2.37. The van der Waals surface area contributed by atoms with Crippen LogP contribution in [0.1, 0.15) is 12.8 Å². The van der Waals surface area contributed by atoms with Gasteiger partial charge in [0.25, 0.3) is 0 Å². The molecule has 104 valence electrons. The number of sulfonamides is 1. The lowest BCUT2D eigenvalue weighted by atomic mass is 10.2. The van der Waals surface area contributed by atoms with Gasteiger partial charge in [0.15, 0.2) is 0 Å². The molecule has 7 heteroatoms. The Morgan fingerprint density at radius 1 is 1.32 bits per heavy atom. The van der Waals surface area contributed by atoms with E-state index in [1.165, 1.54) is 12.3 Å². The van der Waals surface area contributed by atoms with E-state index in [4.69, 9.17) is 11.6 Å². The summed E-state index contributed by atoms with van der Waals surface area (Å²) in [5, 5.41) is 0.0522. The Morgan fingerprint density at radius 3 is 2.95 bits per heavy atom. The lowest BCUT2D eigenvalue weighted by Crippen LogP contribution is -2.51. The number of pyridine rings is 1. The molecule has 1 aromatic rings. The van der Waals surface area contributed by atoms with Crippen LogP contribution in [0.2, 0.25) is 5.15 Å². The minimum atomic E-state index is -3.52. The molecule has 2 aliphatic heterocycles. The molecule has 19 heavy (non-hydrogen) atoms. The van der Waals surface area contributed by atoms with Crippen molar-refractivity contribution in [2.45, 2.75) is 23.8 Å². The zero-order valence-electron chi connectivity index (χ0n) is 10.5. The van der Waals surface area contributed by atoms with Crippen molar-refractivity contribution in [3.8, 4) is 0 Å². The summed E-state index contributed by atoms with van der Waals surface area (Å²) in [5.41, 5.74) is 0. The van der Waals surface area contributed by atoms with Crippen molar-refractivity contribution in [2.24, 2.45) is 0 Å². The SMILES string of the molecule is O=S(=O)(c1cccnc1Cl)N1CCN2CCCC2C1.